The van der Waals surface area contributed by atoms with Crippen molar-refractivity contribution >= 4 is 28.9 Å². The second kappa shape index (κ2) is 7.94. The largest absolute Gasteiger partial charge is 0.457 e. The Balaban J connectivity index is 1.14. The van der Waals surface area contributed by atoms with Crippen molar-refractivity contribution in [3.63, 3.8) is 0 Å². The minimum Gasteiger partial charge on any atom is -0.457 e. The number of carbonyl (C=O) groups excluding carboxylic acids is 2. The van der Waals surface area contributed by atoms with Crippen LogP contribution >= 0.6 is 0 Å². The Hall–Kier alpha value is -3.15. The number of para-hydroxylation sites is 2. The average Bonchev–Trinajstić information content (AvgIpc) is 3.43. The van der Waals surface area contributed by atoms with Crippen LogP contribution in [0.2, 0.25) is 0 Å². The van der Waals surface area contributed by atoms with Gasteiger partial charge >= 0.3 is 5.97 Å². The molecule has 0 saturated carbocycles. The number of benzene rings is 2. The van der Waals surface area contributed by atoms with Gasteiger partial charge in [-0.3, -0.25) is 9.59 Å². The molecule has 0 amide bonds. The Kier molecular flexibility index (Phi) is 4.99. The maximum Gasteiger partial charge on any atom is 0.309 e. The van der Waals surface area contributed by atoms with Crippen LogP contribution in [-0.2, 0) is 22.4 Å². The molecule has 6 heteroatoms. The van der Waals surface area contributed by atoms with Gasteiger partial charge < -0.3 is 14.1 Å². The third kappa shape index (κ3) is 3.70. The van der Waals surface area contributed by atoms with Crippen LogP contribution in [0.4, 0.5) is 6.01 Å². The Morgan fingerprint density at radius 2 is 1.87 bits per heavy atom. The van der Waals surface area contributed by atoms with Crippen LogP contribution in [0.3, 0.4) is 0 Å². The fourth-order valence-corrected chi connectivity index (χ4v) is 4.38. The van der Waals surface area contributed by atoms with Gasteiger partial charge in [0, 0.05) is 18.7 Å². The van der Waals surface area contributed by atoms with E-state index in [0.29, 0.717) is 37.5 Å². The molecule has 1 aromatic heterocycles. The second-order valence-electron chi connectivity index (χ2n) is 8.09. The van der Waals surface area contributed by atoms with E-state index in [9.17, 15) is 9.59 Å². The van der Waals surface area contributed by atoms with Crippen molar-refractivity contribution in [1.82, 2.24) is 4.98 Å². The first-order valence-electron chi connectivity index (χ1n) is 10.6. The Morgan fingerprint density at radius 3 is 2.70 bits per heavy atom. The van der Waals surface area contributed by atoms with Gasteiger partial charge in [0.25, 0.3) is 6.01 Å². The predicted octanol–water partition coefficient (Wildman–Crippen LogP) is 3.96. The molecular weight excluding hydrogens is 380 g/mol. The lowest BCUT2D eigenvalue weighted by molar-refractivity contribution is -0.148. The number of piperidine rings is 1. The van der Waals surface area contributed by atoms with E-state index in [-0.39, 0.29) is 24.3 Å². The number of oxazole rings is 1. The van der Waals surface area contributed by atoms with Crippen LogP contribution in [0.15, 0.2) is 46.9 Å². The lowest BCUT2D eigenvalue weighted by atomic mass is 9.97. The molecule has 0 N–H and O–H groups in total. The highest BCUT2D eigenvalue weighted by atomic mass is 16.5. The Bertz CT molecular complexity index is 1060. The number of carbonyl (C=O) groups is 2. The summed E-state index contributed by atoms with van der Waals surface area (Å²) < 4.78 is 11.2. The van der Waals surface area contributed by atoms with Crippen molar-refractivity contribution in [3.05, 3.63) is 59.2 Å². The summed E-state index contributed by atoms with van der Waals surface area (Å²) >= 11 is 0. The van der Waals surface area contributed by atoms with Crippen LogP contribution in [0.25, 0.3) is 11.1 Å². The van der Waals surface area contributed by atoms with Crippen molar-refractivity contribution in [3.8, 4) is 0 Å². The van der Waals surface area contributed by atoms with Crippen molar-refractivity contribution in [2.24, 2.45) is 5.92 Å². The van der Waals surface area contributed by atoms with Crippen LogP contribution < -0.4 is 4.90 Å². The first kappa shape index (κ1) is 18.9. The Morgan fingerprint density at radius 1 is 1.07 bits per heavy atom. The number of ketones is 1. The van der Waals surface area contributed by atoms with Crippen LogP contribution in [0.1, 0.15) is 40.7 Å². The predicted molar refractivity (Wildman–Crippen MR) is 113 cm³/mol. The van der Waals surface area contributed by atoms with Crippen molar-refractivity contribution < 1.29 is 18.7 Å². The molecule has 2 heterocycles. The molecule has 1 aliphatic heterocycles. The van der Waals surface area contributed by atoms with E-state index >= 15 is 0 Å². The number of Topliss-reactive ketones (excluding diaryl/α,β-unsaturated/α-hetero) is 1. The summed E-state index contributed by atoms with van der Waals surface area (Å²) in [7, 11) is 0. The van der Waals surface area contributed by atoms with Gasteiger partial charge in [-0.2, -0.15) is 4.98 Å². The molecular formula is C24H24N2O4. The van der Waals surface area contributed by atoms with E-state index in [1.165, 1.54) is 11.1 Å². The summed E-state index contributed by atoms with van der Waals surface area (Å²) in [6, 6.07) is 14.1. The van der Waals surface area contributed by atoms with Gasteiger partial charge in [-0.1, -0.05) is 24.3 Å². The number of hydrogen-bond donors (Lipinski definition) is 0. The number of hydrogen-bond acceptors (Lipinski definition) is 6. The molecule has 0 radical (unpaired) electrons. The molecule has 0 atom stereocenters. The highest BCUT2D eigenvalue weighted by Gasteiger charge is 2.28. The number of anilines is 1. The summed E-state index contributed by atoms with van der Waals surface area (Å²) in [6.45, 7) is 1.15. The molecule has 0 unspecified atom stereocenters. The van der Waals surface area contributed by atoms with Gasteiger partial charge in [-0.25, -0.2) is 0 Å². The molecule has 0 bridgehead atoms. The van der Waals surface area contributed by atoms with Crippen LogP contribution in [0.5, 0.6) is 0 Å². The molecule has 5 rings (SSSR count). The molecule has 2 aromatic carbocycles. The fraction of sp³-hybridized carbons (Fsp3) is 0.375. The topological polar surface area (TPSA) is 72.6 Å². The third-order valence-electron chi connectivity index (χ3n) is 6.15. The van der Waals surface area contributed by atoms with Gasteiger partial charge in [0.15, 0.2) is 18.0 Å². The second-order valence-corrected chi connectivity index (χ2v) is 8.09. The number of esters is 1. The number of aryl methyl sites for hydroxylation is 2. The van der Waals surface area contributed by atoms with Gasteiger partial charge in [0.1, 0.15) is 5.52 Å². The van der Waals surface area contributed by atoms with Gasteiger partial charge in [-0.05, 0) is 61.4 Å². The first-order valence-corrected chi connectivity index (χ1v) is 10.6. The zero-order chi connectivity index (χ0) is 20.5. The minimum absolute atomic E-state index is 0.137. The zero-order valence-electron chi connectivity index (χ0n) is 16.8. The van der Waals surface area contributed by atoms with Gasteiger partial charge in [-0.15, -0.1) is 0 Å². The Labute approximate surface area is 174 Å². The first-order chi connectivity index (χ1) is 14.7. The van der Waals surface area contributed by atoms with E-state index < -0.39 is 0 Å². The van der Waals surface area contributed by atoms with E-state index in [0.717, 1.165) is 30.4 Å². The third-order valence-corrected chi connectivity index (χ3v) is 6.15. The molecule has 1 aliphatic carbocycles. The van der Waals surface area contributed by atoms with E-state index in [1.807, 2.05) is 42.5 Å². The molecule has 154 valence electrons. The zero-order valence-corrected chi connectivity index (χ0v) is 16.8. The number of aromatic nitrogens is 1. The lowest BCUT2D eigenvalue weighted by Crippen LogP contribution is -2.37. The summed E-state index contributed by atoms with van der Waals surface area (Å²) in [5.41, 5.74) is 4.81. The van der Waals surface area contributed by atoms with Gasteiger partial charge in [0.05, 0.1) is 5.92 Å². The quantitative estimate of drug-likeness (QED) is 0.473. The minimum atomic E-state index is -0.290. The average molecular weight is 404 g/mol. The number of ether oxygens (including phenoxy) is 1. The number of fused-ring (bicyclic) bond motifs is 2. The lowest BCUT2D eigenvalue weighted by Gasteiger charge is -2.29. The van der Waals surface area contributed by atoms with Crippen molar-refractivity contribution in [2.75, 3.05) is 24.6 Å². The highest BCUT2D eigenvalue weighted by molar-refractivity contribution is 5.98. The monoisotopic (exact) mass is 404 g/mol. The molecule has 1 saturated heterocycles. The maximum atomic E-state index is 12.5. The van der Waals surface area contributed by atoms with Crippen LogP contribution in [0, 0.1) is 5.92 Å². The summed E-state index contributed by atoms with van der Waals surface area (Å²) in [5, 5.41) is 0. The van der Waals surface area contributed by atoms with Crippen LogP contribution in [-0.4, -0.2) is 36.4 Å². The summed E-state index contributed by atoms with van der Waals surface area (Å²) in [4.78, 5) is 31.5. The van der Waals surface area contributed by atoms with Gasteiger partial charge in [0.2, 0.25) is 0 Å². The standard InChI is InChI=1S/C24H24N2O4/c27-21(19-9-8-16-4-3-5-18(16)14-19)15-29-23(28)17-10-12-26(13-11-17)24-25-20-6-1-2-7-22(20)30-24/h1-2,6-9,14,17H,3-5,10-13,15H2. The summed E-state index contributed by atoms with van der Waals surface area (Å²) in [6.07, 6.45) is 4.56. The molecule has 1 fully saturated rings. The van der Waals surface area contributed by atoms with E-state index in [2.05, 4.69) is 9.88 Å². The van der Waals surface area contributed by atoms with E-state index in [1.54, 1.807) is 0 Å². The fourth-order valence-electron chi connectivity index (χ4n) is 4.38. The molecule has 0 spiro atoms. The number of nitrogens with zero attached hydrogens (tertiary/aromatic N) is 2. The molecule has 6 nitrogen and oxygen atoms in total. The van der Waals surface area contributed by atoms with E-state index in [4.69, 9.17) is 9.15 Å². The van der Waals surface area contributed by atoms with Crippen molar-refractivity contribution in [1.29, 1.82) is 0 Å². The SMILES string of the molecule is O=C(COC(=O)C1CCN(c2nc3ccccc3o2)CC1)c1ccc2c(c1)CCC2. The maximum absolute atomic E-state index is 12.5. The molecule has 30 heavy (non-hydrogen) atoms. The highest BCUT2D eigenvalue weighted by Crippen LogP contribution is 2.27. The molecule has 3 aromatic rings. The summed E-state index contributed by atoms with van der Waals surface area (Å²) in [5.74, 6) is -0.623. The van der Waals surface area contributed by atoms with Crippen molar-refractivity contribution in [2.45, 2.75) is 32.1 Å². The number of rotatable bonds is 5. The molecule has 2 aliphatic rings. The normalized spacial score (nSPS) is 16.6. The smallest absolute Gasteiger partial charge is 0.309 e.